The predicted molar refractivity (Wildman–Crippen MR) is 75.3 cm³/mol. The number of ether oxygens (including phenoxy) is 2. The molecule has 2 N–H and O–H groups in total. The van der Waals surface area contributed by atoms with E-state index >= 15 is 0 Å². The van der Waals surface area contributed by atoms with Crippen LogP contribution in [0.4, 0.5) is 0 Å². The number of carboxylic acids is 1. The summed E-state index contributed by atoms with van der Waals surface area (Å²) in [6.07, 6.45) is 3.27. The molecule has 0 aromatic heterocycles. The number of hydrogen-bond donors (Lipinski definition) is 2. The van der Waals surface area contributed by atoms with Crippen LogP contribution in [-0.2, 0) is 14.3 Å². The zero-order valence-electron chi connectivity index (χ0n) is 11.3. The molecule has 1 aromatic rings. The van der Waals surface area contributed by atoms with Crippen molar-refractivity contribution in [2.75, 3.05) is 7.11 Å². The number of carboxylic acid groups (broad SMARTS) is 1. The number of carbonyl (C=O) groups is 1. The first-order valence-electron chi connectivity index (χ1n) is 6.46. The molecule has 1 aliphatic carbocycles. The van der Waals surface area contributed by atoms with E-state index in [9.17, 15) is 9.90 Å². The number of aliphatic hydroxyl groups is 1. The van der Waals surface area contributed by atoms with Gasteiger partial charge in [-0.3, -0.25) is 0 Å². The highest BCUT2D eigenvalue weighted by molar-refractivity contribution is 5.84. The molecule has 5 nitrogen and oxygen atoms in total. The number of hydrogen-bond acceptors (Lipinski definition) is 4. The van der Waals surface area contributed by atoms with Crippen LogP contribution >= 0.6 is 0 Å². The normalized spacial score (nSPS) is 20.9. The highest BCUT2D eigenvalue weighted by Gasteiger charge is 2.29. The first-order chi connectivity index (χ1) is 10.1. The molecule has 108 valence electrons. The van der Waals surface area contributed by atoms with Crippen molar-refractivity contribution in [1.82, 2.24) is 0 Å². The van der Waals surface area contributed by atoms with Gasteiger partial charge in [-0.1, -0.05) is 24.3 Å². The minimum atomic E-state index is -1.69. The van der Waals surface area contributed by atoms with Crippen LogP contribution in [0.1, 0.15) is 0 Å². The highest BCUT2D eigenvalue weighted by Crippen LogP contribution is 2.24. The third-order valence-electron chi connectivity index (χ3n) is 3.51. The van der Waals surface area contributed by atoms with Crippen molar-refractivity contribution in [1.29, 1.82) is 0 Å². The van der Waals surface area contributed by atoms with Crippen LogP contribution in [0.3, 0.4) is 0 Å². The zero-order chi connectivity index (χ0) is 15.0. The summed E-state index contributed by atoms with van der Waals surface area (Å²) in [7, 11) is 1.58. The number of aliphatic carboxylic acids is 1. The summed E-state index contributed by atoms with van der Waals surface area (Å²) in [6.45, 7) is 0. The number of methoxy groups -OCH3 is 1. The van der Waals surface area contributed by atoms with Gasteiger partial charge in [0.2, 0.25) is 6.10 Å². The molecule has 0 fully saturated rings. The second kappa shape index (κ2) is 5.10. The number of fused-ring (bicyclic) bond motifs is 2. The Morgan fingerprint density at radius 2 is 2.05 bits per heavy atom. The SMILES string of the molecule is COC1=CC2=c3ccccc3=C(C(O)C(=O)O)OC2C=C1. The van der Waals surface area contributed by atoms with E-state index in [0.717, 1.165) is 10.8 Å². The predicted octanol–water partition coefficient (Wildman–Crippen LogP) is -0.110. The fourth-order valence-corrected chi connectivity index (χ4v) is 2.50. The number of rotatable bonds is 3. The lowest BCUT2D eigenvalue weighted by molar-refractivity contribution is -0.144. The standard InChI is InChI=1S/C16H14O5/c1-20-9-6-7-13-12(8-9)10-4-2-3-5-11(10)15(21-13)14(17)16(18)19/h2-8,13-14,17H,1H3,(H,18,19). The van der Waals surface area contributed by atoms with Gasteiger partial charge in [0.15, 0.2) is 0 Å². The van der Waals surface area contributed by atoms with E-state index in [0.29, 0.717) is 11.0 Å². The highest BCUT2D eigenvalue weighted by atomic mass is 16.5. The van der Waals surface area contributed by atoms with Crippen LogP contribution in [0.25, 0.3) is 11.3 Å². The summed E-state index contributed by atoms with van der Waals surface area (Å²) in [6, 6.07) is 7.24. The lowest BCUT2D eigenvalue weighted by atomic mass is 9.96. The van der Waals surface area contributed by atoms with Crippen molar-refractivity contribution < 1.29 is 24.5 Å². The Morgan fingerprint density at radius 3 is 2.71 bits per heavy atom. The summed E-state index contributed by atoms with van der Waals surface area (Å²) < 4.78 is 10.9. The van der Waals surface area contributed by atoms with E-state index in [1.54, 1.807) is 31.4 Å². The van der Waals surface area contributed by atoms with Gasteiger partial charge in [0.25, 0.3) is 0 Å². The van der Waals surface area contributed by atoms with E-state index < -0.39 is 18.2 Å². The molecule has 2 atom stereocenters. The van der Waals surface area contributed by atoms with Crippen molar-refractivity contribution in [2.45, 2.75) is 12.2 Å². The van der Waals surface area contributed by atoms with E-state index in [1.807, 2.05) is 18.2 Å². The van der Waals surface area contributed by atoms with E-state index in [2.05, 4.69) is 0 Å². The Balaban J connectivity index is 2.31. The maximum absolute atomic E-state index is 11.1. The van der Waals surface area contributed by atoms with Gasteiger partial charge in [0.1, 0.15) is 17.6 Å². The van der Waals surface area contributed by atoms with Crippen LogP contribution in [0, 0.1) is 0 Å². The van der Waals surface area contributed by atoms with Crippen LogP contribution in [0.2, 0.25) is 0 Å². The first kappa shape index (κ1) is 13.5. The smallest absolute Gasteiger partial charge is 0.340 e. The van der Waals surface area contributed by atoms with Gasteiger partial charge in [0, 0.05) is 10.8 Å². The Kier molecular flexibility index (Phi) is 3.27. The molecular formula is C16H14O5. The molecule has 0 bridgehead atoms. The van der Waals surface area contributed by atoms with Crippen LogP contribution < -0.4 is 10.4 Å². The molecule has 0 spiro atoms. The first-order valence-corrected chi connectivity index (χ1v) is 6.46. The molecular weight excluding hydrogens is 272 g/mol. The Morgan fingerprint density at radius 1 is 1.33 bits per heavy atom. The monoisotopic (exact) mass is 286 g/mol. The fourth-order valence-electron chi connectivity index (χ4n) is 2.50. The quantitative estimate of drug-likeness (QED) is 0.811. The van der Waals surface area contributed by atoms with Crippen molar-refractivity contribution in [3.05, 3.63) is 58.7 Å². The molecule has 21 heavy (non-hydrogen) atoms. The second-order valence-electron chi connectivity index (χ2n) is 4.75. The average Bonchev–Trinajstić information content (AvgIpc) is 2.52. The van der Waals surface area contributed by atoms with Gasteiger partial charge in [-0.05, 0) is 23.4 Å². The van der Waals surface area contributed by atoms with Crippen molar-refractivity contribution in [3.63, 3.8) is 0 Å². The molecule has 0 radical (unpaired) electrons. The third kappa shape index (κ3) is 2.21. The average molecular weight is 286 g/mol. The lowest BCUT2D eigenvalue weighted by Crippen LogP contribution is -2.43. The Bertz CT molecular complexity index is 772. The summed E-state index contributed by atoms with van der Waals surface area (Å²) in [5.74, 6) is -0.580. The van der Waals surface area contributed by atoms with Crippen molar-refractivity contribution >= 4 is 17.3 Å². The molecule has 0 saturated carbocycles. The van der Waals surface area contributed by atoms with Gasteiger partial charge in [0.05, 0.1) is 7.11 Å². The summed E-state index contributed by atoms with van der Waals surface area (Å²) in [5.41, 5.74) is 0.881. The van der Waals surface area contributed by atoms with E-state index in [1.165, 1.54) is 0 Å². The summed E-state index contributed by atoms with van der Waals surface area (Å²) >= 11 is 0. The summed E-state index contributed by atoms with van der Waals surface area (Å²) in [4.78, 5) is 11.1. The molecule has 1 aromatic carbocycles. The Labute approximate surface area is 120 Å². The molecule has 2 unspecified atom stereocenters. The molecule has 0 amide bonds. The fraction of sp³-hybridized carbons (Fsp3) is 0.188. The van der Waals surface area contributed by atoms with Crippen molar-refractivity contribution in [3.8, 4) is 0 Å². The largest absolute Gasteiger partial charge is 0.497 e. The van der Waals surface area contributed by atoms with E-state index in [-0.39, 0.29) is 5.76 Å². The van der Waals surface area contributed by atoms with Gasteiger partial charge >= 0.3 is 5.97 Å². The van der Waals surface area contributed by atoms with Crippen LogP contribution in [0.15, 0.2) is 48.3 Å². The summed E-state index contributed by atoms with van der Waals surface area (Å²) in [5, 5.41) is 20.3. The molecule has 1 heterocycles. The maximum Gasteiger partial charge on any atom is 0.340 e. The Hall–Kier alpha value is -2.53. The lowest BCUT2D eigenvalue weighted by Gasteiger charge is -2.27. The number of aliphatic hydroxyl groups excluding tert-OH is 1. The number of allylic oxidation sites excluding steroid dienone is 1. The second-order valence-corrected chi connectivity index (χ2v) is 4.75. The van der Waals surface area contributed by atoms with Gasteiger partial charge in [-0.25, -0.2) is 4.79 Å². The minimum Gasteiger partial charge on any atom is -0.497 e. The van der Waals surface area contributed by atoms with Gasteiger partial charge in [-0.2, -0.15) is 0 Å². The van der Waals surface area contributed by atoms with Gasteiger partial charge < -0.3 is 19.7 Å². The zero-order valence-corrected chi connectivity index (χ0v) is 11.3. The topological polar surface area (TPSA) is 76.0 Å². The third-order valence-corrected chi connectivity index (χ3v) is 3.51. The molecule has 3 rings (SSSR count). The molecule has 5 heteroatoms. The molecule has 1 aliphatic heterocycles. The van der Waals surface area contributed by atoms with Crippen LogP contribution in [-0.4, -0.2) is 35.5 Å². The molecule has 2 aliphatic rings. The maximum atomic E-state index is 11.1. The van der Waals surface area contributed by atoms with Gasteiger partial charge in [-0.15, -0.1) is 0 Å². The minimum absolute atomic E-state index is 0.0609. The molecule has 0 saturated heterocycles. The van der Waals surface area contributed by atoms with E-state index in [4.69, 9.17) is 14.6 Å². The van der Waals surface area contributed by atoms with Crippen molar-refractivity contribution in [2.24, 2.45) is 0 Å². The number of benzene rings is 1. The van der Waals surface area contributed by atoms with Crippen LogP contribution in [0.5, 0.6) is 0 Å².